The summed E-state index contributed by atoms with van der Waals surface area (Å²) in [5.74, 6) is 1.69. The number of fused-ring (bicyclic) bond motifs is 2. The first-order valence-electron chi connectivity index (χ1n) is 29.3. The monoisotopic (exact) mass is 1350 g/mol. The summed E-state index contributed by atoms with van der Waals surface area (Å²) >= 11 is 18.8. The molecule has 3 amide bonds. The molecule has 6 aliphatic heterocycles. The minimum Gasteiger partial charge on any atom is -0.444 e. The van der Waals surface area contributed by atoms with Crippen LogP contribution in [0, 0.1) is 0 Å². The number of alkyl carbamates (subject to hydrolysis) is 1. The van der Waals surface area contributed by atoms with Crippen LogP contribution in [-0.4, -0.2) is 192 Å². The van der Waals surface area contributed by atoms with Crippen LogP contribution < -0.4 is 40.5 Å². The van der Waals surface area contributed by atoms with Crippen LogP contribution in [0.5, 0.6) is 0 Å². The lowest BCUT2D eigenvalue weighted by atomic mass is 9.98. The van der Waals surface area contributed by atoms with E-state index in [9.17, 15) is 36.3 Å². The SMILES string of the molecule is CC(C)(C)OC(=O)NC1CN(c2cc(Cl)nc3cc([C@@H]4CCCCN4C(=O)c4cc(Cl)ccc4NS(C)(=O)=O)nn23)C1.CS(=O)(=O)Nc1ccc(Cl)cc1C(=O)N1CCCC[C@H]1c1cc2nc(N3CC[C@@H](O)C3)cc(N3CC(N)C3)n2n1.Cl.O[C@@H]1CCNC1. The normalized spacial score (nSPS) is 20.8. The molecular formula is C57H76Cl4N16O10S2. The fourth-order valence-electron chi connectivity index (χ4n) is 11.6. The van der Waals surface area contributed by atoms with Crippen LogP contribution in [0.15, 0.2) is 60.7 Å². The maximum atomic E-state index is 13.9. The average molecular weight is 1350 g/mol. The molecule has 4 atom stereocenters. The Labute approximate surface area is 538 Å². The van der Waals surface area contributed by atoms with Crippen LogP contribution in [0.25, 0.3) is 11.3 Å². The molecule has 8 N–H and O–H groups in total. The number of aliphatic hydroxyl groups is 2. The number of aromatic nitrogens is 6. The highest BCUT2D eigenvalue weighted by Gasteiger charge is 2.37. The van der Waals surface area contributed by atoms with Gasteiger partial charge in [0.2, 0.25) is 20.0 Å². The third kappa shape index (κ3) is 16.7. The van der Waals surface area contributed by atoms with Gasteiger partial charge in [0.15, 0.2) is 11.3 Å². The van der Waals surface area contributed by atoms with Gasteiger partial charge in [-0.05, 0) is 115 Å². The number of carbonyl (C=O) groups is 3. The van der Waals surface area contributed by atoms with Gasteiger partial charge in [-0.25, -0.2) is 31.6 Å². The molecule has 2 aromatic carbocycles. The Morgan fingerprint density at radius 3 is 1.62 bits per heavy atom. The van der Waals surface area contributed by atoms with Crippen molar-refractivity contribution in [2.24, 2.45) is 5.73 Å². The Morgan fingerprint density at radius 1 is 0.652 bits per heavy atom. The van der Waals surface area contributed by atoms with E-state index < -0.39 is 31.7 Å². The number of anilines is 5. The van der Waals surface area contributed by atoms with Gasteiger partial charge in [-0.3, -0.25) is 19.0 Å². The number of aliphatic hydroxyl groups excluding tert-OH is 2. The molecule has 6 saturated heterocycles. The van der Waals surface area contributed by atoms with Crippen molar-refractivity contribution in [2.45, 2.75) is 114 Å². The van der Waals surface area contributed by atoms with E-state index in [4.69, 9.17) is 65.6 Å². The number of hydrogen-bond acceptors (Lipinski definition) is 19. The van der Waals surface area contributed by atoms with E-state index in [1.54, 1.807) is 26.4 Å². The van der Waals surface area contributed by atoms with E-state index in [0.29, 0.717) is 109 Å². The topological polar surface area (TPSA) is 320 Å². The molecule has 0 radical (unpaired) electrons. The molecule has 26 nitrogen and oxygen atoms in total. The van der Waals surface area contributed by atoms with Crippen LogP contribution in [0.1, 0.15) is 116 Å². The van der Waals surface area contributed by atoms with Crippen molar-refractivity contribution >= 4 is 125 Å². The van der Waals surface area contributed by atoms with E-state index in [1.807, 2.05) is 48.4 Å². The number of nitrogens with zero attached hydrogens (tertiary/aromatic N) is 11. The number of nitrogens with two attached hydrogens (primary N) is 1. The maximum absolute atomic E-state index is 13.9. The number of halogens is 4. The van der Waals surface area contributed by atoms with Crippen molar-refractivity contribution in [1.82, 2.24) is 49.6 Å². The number of ether oxygens (including phenoxy) is 1. The minimum absolute atomic E-state index is 0. The quantitative estimate of drug-likeness (QED) is 0.0682. The Kier molecular flexibility index (Phi) is 20.9. The molecule has 10 heterocycles. The second kappa shape index (κ2) is 27.7. The van der Waals surface area contributed by atoms with E-state index in [-0.39, 0.29) is 83.1 Å². The second-order valence-corrected chi connectivity index (χ2v) is 28.9. The van der Waals surface area contributed by atoms with Crippen molar-refractivity contribution in [3.05, 3.63) is 98.4 Å². The first-order valence-corrected chi connectivity index (χ1v) is 34.2. The third-order valence-electron chi connectivity index (χ3n) is 15.7. The summed E-state index contributed by atoms with van der Waals surface area (Å²) < 4.78 is 61.6. The smallest absolute Gasteiger partial charge is 0.407 e. The number of likely N-dealkylation sites (tertiary alicyclic amines) is 2. The molecule has 0 aliphatic carbocycles. The molecule has 0 spiro atoms. The van der Waals surface area contributed by atoms with E-state index in [1.165, 1.54) is 30.3 Å². The Hall–Kier alpha value is -6.21. The van der Waals surface area contributed by atoms with Gasteiger partial charge in [0.25, 0.3) is 11.8 Å². The number of hydrogen-bond donors (Lipinski definition) is 7. The average Bonchev–Trinajstić information content (AvgIpc) is 1.71. The lowest BCUT2D eigenvalue weighted by Crippen LogP contribution is -2.60. The summed E-state index contributed by atoms with van der Waals surface area (Å²) in [6.07, 6.45) is 7.58. The highest BCUT2D eigenvalue weighted by atomic mass is 35.5. The van der Waals surface area contributed by atoms with Crippen LogP contribution in [0.2, 0.25) is 15.2 Å². The number of sulfonamides is 2. The number of β-amino-alcohol motifs (C(OH)–C–C–N with tert-alkyl or cyclic N) is 2. The first-order chi connectivity index (χ1) is 41.6. The van der Waals surface area contributed by atoms with Gasteiger partial charge in [0, 0.05) is 99.3 Å². The molecule has 6 aliphatic rings. The van der Waals surface area contributed by atoms with Crippen molar-refractivity contribution in [1.29, 1.82) is 0 Å². The fraction of sp³-hybridized carbons (Fsp3) is 0.526. The minimum atomic E-state index is -3.63. The molecule has 89 heavy (non-hydrogen) atoms. The Balaban J connectivity index is 0.000000191. The number of nitrogens with one attached hydrogen (secondary N) is 4. The summed E-state index contributed by atoms with van der Waals surface area (Å²) in [7, 11) is -7.24. The van der Waals surface area contributed by atoms with Gasteiger partial charge in [-0.2, -0.15) is 19.2 Å². The van der Waals surface area contributed by atoms with Gasteiger partial charge < -0.3 is 55.8 Å². The van der Waals surface area contributed by atoms with Crippen LogP contribution in [0.4, 0.5) is 33.6 Å². The van der Waals surface area contributed by atoms with Crippen LogP contribution >= 0.6 is 47.2 Å². The van der Waals surface area contributed by atoms with E-state index >= 15 is 0 Å². The number of piperidine rings is 2. The summed E-state index contributed by atoms with van der Waals surface area (Å²) in [6, 6.07) is 15.8. The van der Waals surface area contributed by atoms with Gasteiger partial charge >= 0.3 is 6.09 Å². The van der Waals surface area contributed by atoms with Crippen LogP contribution in [0.3, 0.4) is 0 Å². The van der Waals surface area contributed by atoms with Gasteiger partial charge in [0.05, 0.1) is 76.7 Å². The first kappa shape index (κ1) is 67.2. The van der Waals surface area contributed by atoms with E-state index in [0.717, 1.165) is 75.9 Å². The Bertz CT molecular complexity index is 3800. The second-order valence-electron chi connectivity index (χ2n) is 24.2. The van der Waals surface area contributed by atoms with Crippen LogP contribution in [-0.2, 0) is 24.8 Å². The third-order valence-corrected chi connectivity index (χ3v) is 17.6. The van der Waals surface area contributed by atoms with Crippen molar-refractivity contribution in [2.75, 3.05) is 102 Å². The number of carbonyl (C=O) groups excluding carboxylic acids is 3. The largest absolute Gasteiger partial charge is 0.444 e. The maximum Gasteiger partial charge on any atom is 0.407 e. The van der Waals surface area contributed by atoms with Crippen molar-refractivity contribution in [3.63, 3.8) is 0 Å². The highest BCUT2D eigenvalue weighted by Crippen LogP contribution is 2.38. The molecule has 0 bridgehead atoms. The van der Waals surface area contributed by atoms with Gasteiger partial charge in [-0.15, -0.1) is 12.4 Å². The summed E-state index contributed by atoms with van der Waals surface area (Å²) in [4.78, 5) is 59.0. The highest BCUT2D eigenvalue weighted by molar-refractivity contribution is 7.92. The predicted molar refractivity (Wildman–Crippen MR) is 345 cm³/mol. The number of rotatable bonds is 12. The van der Waals surface area contributed by atoms with Crippen molar-refractivity contribution < 1.29 is 46.2 Å². The lowest BCUT2D eigenvalue weighted by Gasteiger charge is -2.41. The Morgan fingerprint density at radius 2 is 1.17 bits per heavy atom. The zero-order chi connectivity index (χ0) is 63.0. The summed E-state index contributed by atoms with van der Waals surface area (Å²) in [5, 5.41) is 35.4. The summed E-state index contributed by atoms with van der Waals surface area (Å²) in [5.41, 5.74) is 8.74. The molecular weight excluding hydrogens is 1270 g/mol. The predicted octanol–water partition coefficient (Wildman–Crippen LogP) is 6.09. The molecule has 6 aromatic rings. The van der Waals surface area contributed by atoms with Crippen molar-refractivity contribution in [3.8, 4) is 0 Å². The van der Waals surface area contributed by atoms with E-state index in [2.05, 4.69) is 34.9 Å². The number of benzene rings is 2. The molecule has 4 aromatic heterocycles. The molecule has 32 heteroatoms. The van der Waals surface area contributed by atoms with Gasteiger partial charge in [-0.1, -0.05) is 34.8 Å². The molecule has 0 saturated carbocycles. The molecule has 6 fully saturated rings. The standard InChI is InChI=1S/C27H33Cl2N7O5S.C26H33ClN8O4S.C4H9NO.ClH/c1-27(2,3)41-26(38)30-17-14-34(15-17)24-13-22(29)31-23-12-20(32-36(23)24)21-7-5-6-10-35(21)25(37)18-11-16(28)8-9-19(18)33-42(4,39)40;1-40(38,39)31-20-6-5-16(27)10-19(20)26(37)34-8-3-2-4-22(34)21-11-24-29-23(32-9-7-18(36)15-32)12-25(35(24)30-21)33-13-17(28)14-33;6-4-1-2-5-3-4;/h8-9,11-13,17,21,33H,5-7,10,14-15H2,1-4H3,(H,30,38);5-6,10-12,17-18,22,31,36H,2-4,7-9,13-15,28H2,1H3;4-6H,1-3H2;1H/t21-;18-,22+;4-;/m011./s1. The fourth-order valence-corrected chi connectivity index (χ4v) is 13.3. The van der Waals surface area contributed by atoms with Gasteiger partial charge in [0.1, 0.15) is 28.2 Å². The molecule has 0 unspecified atom stereocenters. The molecule has 12 rings (SSSR count). The zero-order valence-electron chi connectivity index (χ0n) is 50.0. The lowest BCUT2D eigenvalue weighted by molar-refractivity contribution is 0.0494. The summed E-state index contributed by atoms with van der Waals surface area (Å²) in [6.45, 7) is 11.9. The molecule has 484 valence electrons. The number of amides is 3. The zero-order valence-corrected chi connectivity index (χ0v) is 54.7.